The molecule has 0 spiro atoms. The molecule has 16 heavy (non-hydrogen) atoms. The Hall–Kier alpha value is -1.20. The van der Waals surface area contributed by atoms with Crippen molar-refractivity contribution in [2.45, 2.75) is 32.2 Å². The van der Waals surface area contributed by atoms with Crippen molar-refractivity contribution < 1.29 is 0 Å². The number of rotatable bonds is 4. The number of nitrogens with zero attached hydrogens (tertiary/aromatic N) is 1. The van der Waals surface area contributed by atoms with E-state index in [9.17, 15) is 0 Å². The highest BCUT2D eigenvalue weighted by Crippen LogP contribution is 2.34. The van der Waals surface area contributed by atoms with Crippen LogP contribution in [0.15, 0.2) is 18.2 Å². The summed E-state index contributed by atoms with van der Waals surface area (Å²) in [4.78, 5) is 0. The normalized spacial score (nSPS) is 16.6. The predicted molar refractivity (Wildman–Crippen MR) is 66.6 cm³/mol. The number of hydrogen-bond acceptors (Lipinski definition) is 2. The summed E-state index contributed by atoms with van der Waals surface area (Å²) >= 11 is 5.85. The van der Waals surface area contributed by atoms with E-state index in [2.05, 4.69) is 18.3 Å². The summed E-state index contributed by atoms with van der Waals surface area (Å²) in [5, 5.41) is 13.0. The molecule has 0 radical (unpaired) electrons. The zero-order valence-corrected chi connectivity index (χ0v) is 10.1. The molecule has 3 heteroatoms. The summed E-state index contributed by atoms with van der Waals surface area (Å²) in [6.07, 6.45) is 3.91. The predicted octanol–water partition coefficient (Wildman–Crippen LogP) is 3.81. The Balaban J connectivity index is 2.04. The van der Waals surface area contributed by atoms with Crippen LogP contribution >= 0.6 is 11.6 Å². The van der Waals surface area contributed by atoms with E-state index in [4.69, 9.17) is 16.9 Å². The van der Waals surface area contributed by atoms with Gasteiger partial charge in [0.25, 0.3) is 0 Å². The standard InChI is InChI=1S/C13H15ClN2/c1-9(6-10-2-3-10)16-13-5-4-12(14)7-11(13)8-15/h4-5,7,9-10,16H,2-3,6H2,1H3. The third-order valence-corrected chi connectivity index (χ3v) is 3.12. The van der Waals surface area contributed by atoms with Gasteiger partial charge in [-0.2, -0.15) is 5.26 Å². The lowest BCUT2D eigenvalue weighted by Gasteiger charge is -2.15. The second-order valence-electron chi connectivity index (χ2n) is 4.53. The van der Waals surface area contributed by atoms with Crippen molar-refractivity contribution in [3.8, 4) is 6.07 Å². The van der Waals surface area contributed by atoms with Crippen LogP contribution in [0.3, 0.4) is 0 Å². The molecule has 84 valence electrons. The molecule has 1 saturated carbocycles. The minimum atomic E-state index is 0.417. The van der Waals surface area contributed by atoms with Crippen LogP contribution in [0.1, 0.15) is 31.7 Å². The number of hydrogen-bond donors (Lipinski definition) is 1. The van der Waals surface area contributed by atoms with Gasteiger partial charge >= 0.3 is 0 Å². The topological polar surface area (TPSA) is 35.8 Å². The van der Waals surface area contributed by atoms with Crippen LogP contribution in [0.4, 0.5) is 5.69 Å². The van der Waals surface area contributed by atoms with Crippen molar-refractivity contribution >= 4 is 17.3 Å². The van der Waals surface area contributed by atoms with Gasteiger partial charge in [-0.15, -0.1) is 0 Å². The summed E-state index contributed by atoms with van der Waals surface area (Å²) in [6, 6.07) is 7.98. The molecule has 1 aromatic rings. The summed E-state index contributed by atoms with van der Waals surface area (Å²) in [7, 11) is 0. The molecule has 2 rings (SSSR count). The lowest BCUT2D eigenvalue weighted by atomic mass is 10.1. The van der Waals surface area contributed by atoms with Gasteiger partial charge in [0, 0.05) is 11.1 Å². The Morgan fingerprint density at radius 1 is 1.56 bits per heavy atom. The van der Waals surface area contributed by atoms with Gasteiger partial charge in [-0.25, -0.2) is 0 Å². The Morgan fingerprint density at radius 3 is 2.94 bits per heavy atom. The number of nitrogens with one attached hydrogen (secondary N) is 1. The molecule has 1 unspecified atom stereocenters. The molecule has 1 N–H and O–H groups in total. The third-order valence-electron chi connectivity index (χ3n) is 2.89. The zero-order chi connectivity index (χ0) is 11.5. The lowest BCUT2D eigenvalue weighted by molar-refractivity contribution is 0.642. The summed E-state index contributed by atoms with van der Waals surface area (Å²) < 4.78 is 0. The van der Waals surface area contributed by atoms with E-state index in [1.54, 1.807) is 6.07 Å². The first-order chi connectivity index (χ1) is 7.69. The highest BCUT2D eigenvalue weighted by molar-refractivity contribution is 6.30. The highest BCUT2D eigenvalue weighted by atomic mass is 35.5. The SMILES string of the molecule is CC(CC1CC1)Nc1ccc(Cl)cc1C#N. The van der Waals surface area contributed by atoms with E-state index < -0.39 is 0 Å². The Labute approximate surface area is 101 Å². The van der Waals surface area contributed by atoms with Crippen LogP contribution in [0.5, 0.6) is 0 Å². The third kappa shape index (κ3) is 2.90. The number of anilines is 1. The molecule has 1 fully saturated rings. The summed E-state index contributed by atoms with van der Waals surface area (Å²) in [5.41, 5.74) is 1.51. The molecule has 0 heterocycles. The quantitative estimate of drug-likeness (QED) is 0.860. The fourth-order valence-corrected chi connectivity index (χ4v) is 2.08. The van der Waals surface area contributed by atoms with Crippen LogP contribution in [-0.4, -0.2) is 6.04 Å². The molecular formula is C13H15ClN2. The smallest absolute Gasteiger partial charge is 0.101 e. The van der Waals surface area contributed by atoms with E-state index in [1.165, 1.54) is 19.3 Å². The Morgan fingerprint density at radius 2 is 2.31 bits per heavy atom. The number of nitriles is 1. The highest BCUT2D eigenvalue weighted by Gasteiger charge is 2.23. The first kappa shape index (κ1) is 11.3. The monoisotopic (exact) mass is 234 g/mol. The van der Waals surface area contributed by atoms with E-state index in [0.29, 0.717) is 16.6 Å². The fourth-order valence-electron chi connectivity index (χ4n) is 1.91. The lowest BCUT2D eigenvalue weighted by Crippen LogP contribution is -2.16. The van der Waals surface area contributed by atoms with Crippen molar-refractivity contribution in [3.63, 3.8) is 0 Å². The van der Waals surface area contributed by atoms with Crippen LogP contribution in [-0.2, 0) is 0 Å². The molecule has 0 aliphatic heterocycles. The second kappa shape index (κ2) is 4.76. The minimum Gasteiger partial charge on any atom is -0.382 e. The molecule has 0 saturated heterocycles. The first-order valence-corrected chi connectivity index (χ1v) is 6.03. The van der Waals surface area contributed by atoms with Crippen molar-refractivity contribution in [2.75, 3.05) is 5.32 Å². The Kier molecular flexibility index (Phi) is 3.36. The molecule has 1 aliphatic carbocycles. The van der Waals surface area contributed by atoms with Crippen LogP contribution in [0.2, 0.25) is 5.02 Å². The molecule has 0 bridgehead atoms. The average molecular weight is 235 g/mol. The van der Waals surface area contributed by atoms with Gasteiger partial charge < -0.3 is 5.32 Å². The van der Waals surface area contributed by atoms with Gasteiger partial charge in [0.05, 0.1) is 11.3 Å². The second-order valence-corrected chi connectivity index (χ2v) is 4.96. The van der Waals surface area contributed by atoms with Crippen LogP contribution in [0.25, 0.3) is 0 Å². The minimum absolute atomic E-state index is 0.417. The van der Waals surface area contributed by atoms with Crippen molar-refractivity contribution in [1.29, 1.82) is 5.26 Å². The Bertz CT molecular complexity index is 418. The zero-order valence-electron chi connectivity index (χ0n) is 9.33. The van der Waals surface area contributed by atoms with Gasteiger partial charge in [0.15, 0.2) is 0 Å². The van der Waals surface area contributed by atoms with Crippen molar-refractivity contribution in [1.82, 2.24) is 0 Å². The van der Waals surface area contributed by atoms with Gasteiger partial charge in [-0.1, -0.05) is 24.4 Å². The summed E-state index contributed by atoms with van der Waals surface area (Å²) in [5.74, 6) is 0.889. The molecule has 1 aromatic carbocycles. The number of benzene rings is 1. The van der Waals surface area contributed by atoms with Gasteiger partial charge in [-0.3, -0.25) is 0 Å². The first-order valence-electron chi connectivity index (χ1n) is 5.65. The van der Waals surface area contributed by atoms with Crippen LogP contribution < -0.4 is 5.32 Å². The van der Waals surface area contributed by atoms with Gasteiger partial charge in [-0.05, 0) is 37.5 Å². The largest absolute Gasteiger partial charge is 0.382 e. The maximum absolute atomic E-state index is 9.00. The van der Waals surface area contributed by atoms with Crippen LogP contribution in [0, 0.1) is 17.2 Å². The van der Waals surface area contributed by atoms with E-state index in [1.807, 2.05) is 12.1 Å². The number of halogens is 1. The molecule has 0 aromatic heterocycles. The maximum atomic E-state index is 9.00. The maximum Gasteiger partial charge on any atom is 0.101 e. The fraction of sp³-hybridized carbons (Fsp3) is 0.462. The molecule has 1 atom stereocenters. The van der Waals surface area contributed by atoms with Crippen molar-refractivity contribution in [2.24, 2.45) is 5.92 Å². The van der Waals surface area contributed by atoms with Crippen molar-refractivity contribution in [3.05, 3.63) is 28.8 Å². The van der Waals surface area contributed by atoms with E-state index in [0.717, 1.165) is 11.6 Å². The van der Waals surface area contributed by atoms with Gasteiger partial charge in [0.2, 0.25) is 0 Å². The average Bonchev–Trinajstić information content (AvgIpc) is 3.04. The van der Waals surface area contributed by atoms with E-state index in [-0.39, 0.29) is 0 Å². The van der Waals surface area contributed by atoms with Gasteiger partial charge in [0.1, 0.15) is 6.07 Å². The molecular weight excluding hydrogens is 220 g/mol. The molecule has 2 nitrogen and oxygen atoms in total. The van der Waals surface area contributed by atoms with E-state index >= 15 is 0 Å². The molecule has 0 amide bonds. The summed E-state index contributed by atoms with van der Waals surface area (Å²) in [6.45, 7) is 2.16. The molecule has 1 aliphatic rings.